The smallest absolute Gasteiger partial charge is 0.416 e. The topological polar surface area (TPSA) is 56.3 Å². The second-order valence-corrected chi connectivity index (χ2v) is 19.7. The van der Waals surface area contributed by atoms with Crippen LogP contribution in [0.4, 0.5) is 24.5 Å². The summed E-state index contributed by atoms with van der Waals surface area (Å²) in [6.45, 7) is 15.3. The lowest BCUT2D eigenvalue weighted by Crippen LogP contribution is -2.47. The van der Waals surface area contributed by atoms with Crippen molar-refractivity contribution in [2.45, 2.75) is 138 Å². The van der Waals surface area contributed by atoms with Crippen LogP contribution in [0.3, 0.4) is 0 Å². The number of rotatable bonds is 22. The maximum atomic E-state index is 13.5. The van der Waals surface area contributed by atoms with Gasteiger partial charge < -0.3 is 19.4 Å². The molecule has 68 heavy (non-hydrogen) atoms. The number of likely N-dealkylation sites (tertiary alicyclic amines) is 1. The number of para-hydroxylation sites is 1. The first-order chi connectivity index (χ1) is 32.5. The molecule has 1 unspecified atom stereocenters. The van der Waals surface area contributed by atoms with Crippen molar-refractivity contribution in [1.29, 1.82) is 0 Å². The quantitative estimate of drug-likeness (QED) is 0.0570. The third-order valence-electron chi connectivity index (χ3n) is 13.9. The van der Waals surface area contributed by atoms with Crippen LogP contribution in [-0.2, 0) is 25.9 Å². The van der Waals surface area contributed by atoms with E-state index in [1.54, 1.807) is 6.07 Å². The van der Waals surface area contributed by atoms with Crippen LogP contribution in [0, 0.1) is 0 Å². The summed E-state index contributed by atoms with van der Waals surface area (Å²) in [5, 5.41) is 0. The highest BCUT2D eigenvalue weighted by Crippen LogP contribution is 2.49. The molecule has 0 aliphatic carbocycles. The van der Waals surface area contributed by atoms with E-state index in [9.17, 15) is 22.8 Å². The highest BCUT2D eigenvalue weighted by Gasteiger charge is 2.42. The fourth-order valence-corrected chi connectivity index (χ4v) is 11.1. The Morgan fingerprint density at radius 2 is 1.21 bits per heavy atom. The third-order valence-corrected chi connectivity index (χ3v) is 15.0. The van der Waals surface area contributed by atoms with Crippen LogP contribution in [0.15, 0.2) is 113 Å². The maximum Gasteiger partial charge on any atom is 0.416 e. The number of ether oxygens (including phenoxy) is 1. The molecule has 2 fully saturated rings. The van der Waals surface area contributed by atoms with Crippen LogP contribution in [-0.4, -0.2) is 98.0 Å². The van der Waals surface area contributed by atoms with E-state index in [4.69, 9.17) is 4.74 Å². The second kappa shape index (κ2) is 28.1. The summed E-state index contributed by atoms with van der Waals surface area (Å²) in [6.07, 6.45) is 10.6. The fraction of sp³-hybridized carbons (Fsp3) is 0.536. The Balaban J connectivity index is 0.000000276. The van der Waals surface area contributed by atoms with Crippen LogP contribution in [0.25, 0.3) is 0 Å². The molecule has 0 saturated carbocycles. The van der Waals surface area contributed by atoms with Crippen LogP contribution in [0.1, 0.15) is 127 Å². The van der Waals surface area contributed by atoms with Gasteiger partial charge in [-0.3, -0.25) is 14.5 Å². The highest BCUT2D eigenvalue weighted by atomic mass is 35.5. The lowest BCUT2D eigenvalue weighted by Gasteiger charge is -2.40. The standard InChI is InChI=1S/C32H44F3N3O2S.C24H31NO.ClH/c1-2-3-4-5-6-7-8-14-31(39)40-24-23-37-21-19-36(20-22-37)17-11-18-38-27-12-9-10-13-29(27)41-30-16-15-26(25-28(30)38)32(33,34)35;1-3-23(26)24(21-13-7-4-8-14-21,22-15-9-5-10-16-22)19-20(2)25-17-11-6-12-18-25;/h9-10,12-13,15-16,25H,2-8,11,14,17-24H2,1H3;4-5,7-10,13-16,20H,3,6,11-12,17-19H2,1-2H3;1H. The molecule has 0 bridgehead atoms. The van der Waals surface area contributed by atoms with Crippen LogP contribution in [0.5, 0.6) is 0 Å². The summed E-state index contributed by atoms with van der Waals surface area (Å²) in [7, 11) is 0. The largest absolute Gasteiger partial charge is 0.464 e. The molecular formula is C56H76ClF3N4O3S. The number of benzene rings is 4. The first kappa shape index (κ1) is 55.1. The molecule has 7 rings (SSSR count). The number of ketones is 1. The molecule has 2 saturated heterocycles. The molecule has 4 aromatic rings. The number of hydrogen-bond donors (Lipinski definition) is 0. The molecule has 3 heterocycles. The van der Waals surface area contributed by atoms with E-state index >= 15 is 0 Å². The van der Waals surface area contributed by atoms with Gasteiger partial charge in [-0.1, -0.05) is 143 Å². The molecule has 372 valence electrons. The zero-order valence-electron chi connectivity index (χ0n) is 40.8. The van der Waals surface area contributed by atoms with Gasteiger partial charge in [0.25, 0.3) is 0 Å². The van der Waals surface area contributed by atoms with Crippen LogP contribution >= 0.6 is 24.2 Å². The first-order valence-electron chi connectivity index (χ1n) is 25.3. The van der Waals surface area contributed by atoms with Crippen molar-refractivity contribution in [1.82, 2.24) is 14.7 Å². The van der Waals surface area contributed by atoms with Crippen molar-refractivity contribution < 1.29 is 27.5 Å². The number of carbonyl (C=O) groups is 2. The number of esters is 1. The van der Waals surface area contributed by atoms with Gasteiger partial charge in [-0.2, -0.15) is 13.2 Å². The summed E-state index contributed by atoms with van der Waals surface area (Å²) < 4.78 is 45.9. The minimum absolute atomic E-state index is 0. The minimum atomic E-state index is -4.37. The number of alkyl halides is 3. The summed E-state index contributed by atoms with van der Waals surface area (Å²) in [5.41, 5.74) is 2.68. The monoisotopic (exact) mass is 977 g/mol. The average molecular weight is 978 g/mol. The molecule has 7 nitrogen and oxygen atoms in total. The molecular weight excluding hydrogens is 901 g/mol. The first-order valence-corrected chi connectivity index (χ1v) is 26.1. The lowest BCUT2D eigenvalue weighted by molar-refractivity contribution is -0.144. The van der Waals surface area contributed by atoms with Gasteiger partial charge >= 0.3 is 12.1 Å². The van der Waals surface area contributed by atoms with Crippen molar-refractivity contribution in [2.75, 3.05) is 70.4 Å². The number of hydrogen-bond acceptors (Lipinski definition) is 8. The zero-order chi connectivity index (χ0) is 47.5. The SMILES string of the molecule is CCC(=O)C(CC(C)N1CCCCC1)(c1ccccc1)c1ccccc1.CCCCCCCCCC(=O)OCCN1CCN(CCCN2c3ccccc3Sc3ccc(C(F)(F)F)cc32)CC1.Cl. The minimum Gasteiger partial charge on any atom is -0.464 e. The Morgan fingerprint density at radius 1 is 0.632 bits per heavy atom. The van der Waals surface area contributed by atoms with Crippen molar-refractivity contribution in [3.05, 3.63) is 120 Å². The van der Waals surface area contributed by atoms with Crippen molar-refractivity contribution in [3.63, 3.8) is 0 Å². The Morgan fingerprint density at radius 3 is 1.82 bits per heavy atom. The highest BCUT2D eigenvalue weighted by molar-refractivity contribution is 7.99. The molecule has 0 radical (unpaired) electrons. The summed E-state index contributed by atoms with van der Waals surface area (Å²) in [5.74, 6) is 0.234. The zero-order valence-corrected chi connectivity index (χ0v) is 42.5. The normalized spacial score (nSPS) is 16.1. The van der Waals surface area contributed by atoms with Crippen molar-refractivity contribution in [3.8, 4) is 0 Å². The molecule has 4 aromatic carbocycles. The van der Waals surface area contributed by atoms with Crippen molar-refractivity contribution >= 4 is 47.3 Å². The van der Waals surface area contributed by atoms with E-state index in [0.29, 0.717) is 43.5 Å². The predicted octanol–water partition coefficient (Wildman–Crippen LogP) is 13.6. The average Bonchev–Trinajstić information content (AvgIpc) is 3.36. The molecule has 0 amide bonds. The Kier molecular flexibility index (Phi) is 22.8. The molecule has 0 N–H and O–H groups in total. The maximum absolute atomic E-state index is 13.5. The van der Waals surface area contributed by atoms with Gasteiger partial charge in [0.05, 0.1) is 22.4 Å². The fourth-order valence-electron chi connectivity index (χ4n) is 10.0. The third kappa shape index (κ3) is 15.6. The predicted molar refractivity (Wildman–Crippen MR) is 276 cm³/mol. The van der Waals surface area contributed by atoms with E-state index in [2.05, 4.69) is 77.1 Å². The van der Waals surface area contributed by atoms with Crippen molar-refractivity contribution in [2.24, 2.45) is 0 Å². The summed E-state index contributed by atoms with van der Waals surface area (Å²) >= 11 is 1.53. The Bertz CT molecular complexity index is 2060. The second-order valence-electron chi connectivity index (χ2n) is 18.6. The van der Waals surface area contributed by atoms with E-state index in [1.807, 2.05) is 48.2 Å². The number of piperidine rings is 1. The number of piperazine rings is 1. The number of unbranched alkanes of at least 4 members (excludes halogenated alkanes) is 6. The van der Waals surface area contributed by atoms with Crippen LogP contribution < -0.4 is 4.90 Å². The number of carbonyl (C=O) groups excluding carboxylic acids is 2. The lowest BCUT2D eigenvalue weighted by atomic mass is 9.66. The Hall–Kier alpha value is -3.87. The number of anilines is 2. The number of fused-ring (bicyclic) bond motifs is 2. The molecule has 0 aromatic heterocycles. The van der Waals surface area contributed by atoms with Crippen LogP contribution in [0.2, 0.25) is 0 Å². The number of halogens is 4. The summed E-state index contributed by atoms with van der Waals surface area (Å²) in [4.78, 5) is 36.8. The molecule has 3 aliphatic rings. The van der Waals surface area contributed by atoms with Gasteiger partial charge in [0.15, 0.2) is 0 Å². The van der Waals surface area contributed by atoms with Gasteiger partial charge in [-0.25, -0.2) is 0 Å². The van der Waals surface area contributed by atoms with Gasteiger partial charge in [-0.05, 0) is 100 Å². The van der Waals surface area contributed by atoms with E-state index in [-0.39, 0.29) is 18.4 Å². The van der Waals surface area contributed by atoms with Gasteiger partial charge in [0, 0.05) is 67.9 Å². The van der Waals surface area contributed by atoms with E-state index in [1.165, 1.54) is 75.3 Å². The van der Waals surface area contributed by atoms with E-state index < -0.39 is 17.2 Å². The number of Topliss-reactive ketones (excluding diaryl/α,β-unsaturated/α-hetero) is 1. The van der Waals surface area contributed by atoms with Gasteiger partial charge in [0.2, 0.25) is 0 Å². The molecule has 3 aliphatic heterocycles. The molecule has 12 heteroatoms. The van der Waals surface area contributed by atoms with E-state index in [0.717, 1.165) is 105 Å². The molecule has 0 spiro atoms. The molecule has 1 atom stereocenters. The van der Waals surface area contributed by atoms with Gasteiger partial charge in [-0.15, -0.1) is 12.4 Å². The Labute approximate surface area is 416 Å². The summed E-state index contributed by atoms with van der Waals surface area (Å²) in [6, 6.07) is 33.2. The number of nitrogens with zero attached hydrogens (tertiary/aromatic N) is 4. The van der Waals surface area contributed by atoms with Gasteiger partial charge in [0.1, 0.15) is 12.4 Å².